The number of nitrogens with two attached hydrogens (primary N) is 1. The highest BCUT2D eigenvalue weighted by Gasteiger charge is 2.36. The molecule has 0 aliphatic carbocycles. The van der Waals surface area contributed by atoms with Crippen LogP contribution < -0.4 is 11.1 Å². The van der Waals surface area contributed by atoms with Gasteiger partial charge in [-0.1, -0.05) is 13.3 Å². The largest absolute Gasteiger partial charge is 0.353 e. The second-order valence-electron chi connectivity index (χ2n) is 6.14. The van der Waals surface area contributed by atoms with E-state index in [0.717, 1.165) is 12.8 Å². The first-order valence-corrected chi connectivity index (χ1v) is 8.84. The summed E-state index contributed by atoms with van der Waals surface area (Å²) >= 11 is 0. The van der Waals surface area contributed by atoms with Gasteiger partial charge in [0, 0.05) is 18.6 Å². The second kappa shape index (κ2) is 6.87. The highest BCUT2D eigenvalue weighted by Crippen LogP contribution is 2.21. The summed E-state index contributed by atoms with van der Waals surface area (Å²) in [4.78, 5) is 12.2. The fourth-order valence-corrected chi connectivity index (χ4v) is 4.05. The maximum atomic E-state index is 12.2. The molecule has 118 valence electrons. The predicted molar refractivity (Wildman–Crippen MR) is 79.7 cm³/mol. The third-order valence-electron chi connectivity index (χ3n) is 3.29. The zero-order chi connectivity index (χ0) is 15.4. The van der Waals surface area contributed by atoms with E-state index >= 15 is 0 Å². The lowest BCUT2D eigenvalue weighted by Gasteiger charge is -2.34. The zero-order valence-electron chi connectivity index (χ0n) is 12.7. The number of hydrogen-bond donors (Lipinski definition) is 2. The summed E-state index contributed by atoms with van der Waals surface area (Å²) in [7, 11) is -3.34. The summed E-state index contributed by atoms with van der Waals surface area (Å²) < 4.78 is 25.8. The van der Waals surface area contributed by atoms with Crippen LogP contribution in [0.5, 0.6) is 0 Å². The molecule has 0 aromatic rings. The van der Waals surface area contributed by atoms with Crippen LogP contribution in [-0.4, -0.2) is 49.1 Å². The van der Waals surface area contributed by atoms with Gasteiger partial charge in [-0.2, -0.15) is 4.31 Å². The molecule has 1 heterocycles. The van der Waals surface area contributed by atoms with Crippen molar-refractivity contribution >= 4 is 15.9 Å². The standard InChI is InChI=1S/C13H27N3O3S/c1-4-9-20(18,19)16-8-6-5-7-11(16)12(17)15-10-13(2,3)14/h11H,4-10,14H2,1-3H3,(H,15,17). The van der Waals surface area contributed by atoms with Gasteiger partial charge in [0.05, 0.1) is 5.75 Å². The average molecular weight is 305 g/mol. The molecule has 20 heavy (non-hydrogen) atoms. The van der Waals surface area contributed by atoms with Gasteiger partial charge in [0.15, 0.2) is 0 Å². The smallest absolute Gasteiger partial charge is 0.238 e. The van der Waals surface area contributed by atoms with Crippen molar-refractivity contribution in [2.75, 3.05) is 18.8 Å². The highest BCUT2D eigenvalue weighted by molar-refractivity contribution is 7.89. The van der Waals surface area contributed by atoms with E-state index in [4.69, 9.17) is 5.73 Å². The van der Waals surface area contributed by atoms with Crippen molar-refractivity contribution in [1.82, 2.24) is 9.62 Å². The molecule has 0 bridgehead atoms. The van der Waals surface area contributed by atoms with Gasteiger partial charge >= 0.3 is 0 Å². The molecule has 1 atom stereocenters. The fourth-order valence-electron chi connectivity index (χ4n) is 2.31. The van der Waals surface area contributed by atoms with E-state index in [1.54, 1.807) is 0 Å². The predicted octanol–water partition coefficient (Wildman–Crippen LogP) is 0.434. The molecule has 1 amide bonds. The summed E-state index contributed by atoms with van der Waals surface area (Å²) in [6.45, 7) is 6.24. The first-order chi connectivity index (χ1) is 9.17. The topological polar surface area (TPSA) is 92.5 Å². The van der Waals surface area contributed by atoms with Crippen LogP contribution in [0.1, 0.15) is 46.5 Å². The zero-order valence-corrected chi connectivity index (χ0v) is 13.5. The van der Waals surface area contributed by atoms with Crippen molar-refractivity contribution in [3.05, 3.63) is 0 Å². The van der Waals surface area contributed by atoms with Crippen LogP contribution in [-0.2, 0) is 14.8 Å². The lowest BCUT2D eigenvalue weighted by molar-refractivity contribution is -0.125. The van der Waals surface area contributed by atoms with Crippen LogP contribution in [0.4, 0.5) is 0 Å². The Morgan fingerprint density at radius 2 is 2.05 bits per heavy atom. The van der Waals surface area contributed by atoms with Crippen molar-refractivity contribution in [1.29, 1.82) is 0 Å². The molecule has 6 nitrogen and oxygen atoms in total. The van der Waals surface area contributed by atoms with Crippen molar-refractivity contribution in [2.45, 2.75) is 58.0 Å². The van der Waals surface area contributed by atoms with Crippen molar-refractivity contribution in [3.63, 3.8) is 0 Å². The summed E-state index contributed by atoms with van der Waals surface area (Å²) in [6, 6.07) is -0.581. The number of carbonyl (C=O) groups is 1. The SMILES string of the molecule is CCCS(=O)(=O)N1CCCCC1C(=O)NCC(C)(C)N. The number of hydrogen-bond acceptors (Lipinski definition) is 4. The molecular formula is C13H27N3O3S. The first-order valence-electron chi connectivity index (χ1n) is 7.23. The van der Waals surface area contributed by atoms with Gasteiger partial charge in [-0.25, -0.2) is 8.42 Å². The molecular weight excluding hydrogens is 278 g/mol. The molecule has 0 aromatic heterocycles. The third kappa shape index (κ3) is 5.03. The minimum atomic E-state index is -3.34. The number of carbonyl (C=O) groups excluding carboxylic acids is 1. The maximum Gasteiger partial charge on any atom is 0.238 e. The Morgan fingerprint density at radius 1 is 1.40 bits per heavy atom. The molecule has 1 aliphatic heterocycles. The Labute approximate surface area is 122 Å². The number of piperidine rings is 1. The quantitative estimate of drug-likeness (QED) is 0.744. The molecule has 3 N–H and O–H groups in total. The molecule has 0 saturated carbocycles. The Kier molecular flexibility index (Phi) is 5.97. The summed E-state index contributed by atoms with van der Waals surface area (Å²) in [5.74, 6) is -0.137. The molecule has 0 spiro atoms. The molecule has 1 rings (SSSR count). The van der Waals surface area contributed by atoms with Gasteiger partial charge < -0.3 is 11.1 Å². The molecule has 1 fully saturated rings. The lowest BCUT2D eigenvalue weighted by atomic mass is 10.0. The molecule has 1 unspecified atom stereocenters. The lowest BCUT2D eigenvalue weighted by Crippen LogP contribution is -2.55. The van der Waals surface area contributed by atoms with Gasteiger partial charge in [-0.05, 0) is 33.1 Å². The Bertz CT molecular complexity index is 429. The third-order valence-corrected chi connectivity index (χ3v) is 5.37. The van der Waals surface area contributed by atoms with Crippen LogP contribution in [0, 0.1) is 0 Å². The van der Waals surface area contributed by atoms with Crippen LogP contribution in [0.3, 0.4) is 0 Å². The minimum absolute atomic E-state index is 0.0964. The first kappa shape index (κ1) is 17.4. The van der Waals surface area contributed by atoms with Crippen LogP contribution in [0.2, 0.25) is 0 Å². The van der Waals surface area contributed by atoms with E-state index in [2.05, 4.69) is 5.32 Å². The van der Waals surface area contributed by atoms with Crippen molar-refractivity contribution in [2.24, 2.45) is 5.73 Å². The van der Waals surface area contributed by atoms with E-state index < -0.39 is 21.6 Å². The normalized spacial score (nSPS) is 21.7. The molecule has 0 radical (unpaired) electrons. The van der Waals surface area contributed by atoms with Gasteiger partial charge in [0.2, 0.25) is 15.9 Å². The monoisotopic (exact) mass is 305 g/mol. The Balaban J connectivity index is 2.76. The van der Waals surface area contributed by atoms with Gasteiger partial charge in [-0.15, -0.1) is 0 Å². The molecule has 0 aromatic carbocycles. The number of nitrogens with zero attached hydrogens (tertiary/aromatic N) is 1. The molecule has 7 heteroatoms. The summed E-state index contributed by atoms with van der Waals surface area (Å²) in [6.07, 6.45) is 2.83. The van der Waals surface area contributed by atoms with Gasteiger partial charge in [0.1, 0.15) is 6.04 Å². The summed E-state index contributed by atoms with van der Waals surface area (Å²) in [5.41, 5.74) is 5.33. The van der Waals surface area contributed by atoms with Crippen molar-refractivity contribution < 1.29 is 13.2 Å². The van der Waals surface area contributed by atoms with E-state index in [0.29, 0.717) is 25.9 Å². The number of nitrogens with one attached hydrogen (secondary N) is 1. The molecule has 1 saturated heterocycles. The van der Waals surface area contributed by atoms with Crippen LogP contribution in [0.25, 0.3) is 0 Å². The average Bonchev–Trinajstić information content (AvgIpc) is 2.35. The van der Waals surface area contributed by atoms with Crippen LogP contribution >= 0.6 is 0 Å². The number of rotatable bonds is 6. The fraction of sp³-hybridized carbons (Fsp3) is 0.923. The number of amides is 1. The van der Waals surface area contributed by atoms with E-state index in [9.17, 15) is 13.2 Å². The summed E-state index contributed by atoms with van der Waals surface area (Å²) in [5, 5.41) is 2.77. The highest BCUT2D eigenvalue weighted by atomic mass is 32.2. The van der Waals surface area contributed by atoms with Gasteiger partial charge in [0.25, 0.3) is 0 Å². The minimum Gasteiger partial charge on any atom is -0.353 e. The van der Waals surface area contributed by atoms with E-state index in [1.165, 1.54) is 4.31 Å². The maximum absolute atomic E-state index is 12.2. The van der Waals surface area contributed by atoms with E-state index in [-0.39, 0.29) is 11.7 Å². The Hall–Kier alpha value is -0.660. The number of sulfonamides is 1. The van der Waals surface area contributed by atoms with Crippen molar-refractivity contribution in [3.8, 4) is 0 Å². The van der Waals surface area contributed by atoms with E-state index in [1.807, 2.05) is 20.8 Å². The van der Waals surface area contributed by atoms with Crippen LogP contribution in [0.15, 0.2) is 0 Å². The second-order valence-corrected chi connectivity index (χ2v) is 8.19. The van der Waals surface area contributed by atoms with Gasteiger partial charge in [-0.3, -0.25) is 4.79 Å². The Morgan fingerprint density at radius 3 is 2.60 bits per heavy atom. The molecule has 1 aliphatic rings.